The number of nitrogens with zero attached hydrogens (tertiary/aromatic N) is 2. The second-order valence-electron chi connectivity index (χ2n) is 10.7. The molecule has 5 unspecified atom stereocenters. The van der Waals surface area contributed by atoms with Gasteiger partial charge in [0.15, 0.2) is 0 Å². The molecular weight excluding hydrogens is 522 g/mol. The number of benzene rings is 1. The topological polar surface area (TPSA) is 118 Å². The maximum absolute atomic E-state index is 13.6. The van der Waals surface area contributed by atoms with Gasteiger partial charge in [0, 0.05) is 31.0 Å². The number of fused-ring (bicyclic) bond motifs is 3. The summed E-state index contributed by atoms with van der Waals surface area (Å²) in [5.41, 5.74) is -0.776. The van der Waals surface area contributed by atoms with Crippen molar-refractivity contribution in [1.29, 1.82) is 0 Å². The lowest BCUT2D eigenvalue weighted by Crippen LogP contribution is -2.49. The lowest BCUT2D eigenvalue weighted by molar-refractivity contribution is -0.145. The zero-order valence-electron chi connectivity index (χ0n) is 22.2. The molecule has 2 amide bonds. The van der Waals surface area contributed by atoms with Gasteiger partial charge in [0.2, 0.25) is 17.7 Å². The predicted octanol–water partition coefficient (Wildman–Crippen LogP) is 4.22. The fourth-order valence-electron chi connectivity index (χ4n) is 5.85. The van der Waals surface area contributed by atoms with E-state index in [0.717, 1.165) is 19.3 Å². The number of hydrogen-bond acceptors (Lipinski definition) is 6. The number of para-hydroxylation sites is 1. The summed E-state index contributed by atoms with van der Waals surface area (Å²) in [5, 5.41) is 13.9. The van der Waals surface area contributed by atoms with Crippen LogP contribution in [0.3, 0.4) is 0 Å². The number of carboxylic acid groups (broad SMARTS) is 1. The summed E-state index contributed by atoms with van der Waals surface area (Å²) in [6.07, 6.45) is 6.93. The van der Waals surface area contributed by atoms with E-state index in [4.69, 9.17) is 21.1 Å². The monoisotopic (exact) mass is 555 g/mol. The fourth-order valence-corrected chi connectivity index (χ4v) is 6.07. The molecule has 5 rings (SSSR count). The van der Waals surface area contributed by atoms with Crippen molar-refractivity contribution in [1.82, 2.24) is 15.2 Å². The summed E-state index contributed by atoms with van der Waals surface area (Å²) in [5.74, 6) is -2.29. The molecule has 208 valence electrons. The Labute approximate surface area is 232 Å². The number of ether oxygens (including phenoxy) is 2. The number of halogens is 1. The molecule has 0 spiro atoms. The number of aromatic nitrogens is 1. The van der Waals surface area contributed by atoms with Gasteiger partial charge >= 0.3 is 5.97 Å². The van der Waals surface area contributed by atoms with Gasteiger partial charge in [-0.3, -0.25) is 9.59 Å². The smallest absolute Gasteiger partial charge is 0.330 e. The number of allylic oxidation sites excluding steroid dienone is 1. The number of amides is 2. The second-order valence-corrected chi connectivity index (χ2v) is 11.1. The maximum Gasteiger partial charge on any atom is 0.330 e. The van der Waals surface area contributed by atoms with Crippen molar-refractivity contribution >= 4 is 40.3 Å². The average molecular weight is 556 g/mol. The molecular formula is C29H34ClN3O6. The van der Waals surface area contributed by atoms with E-state index in [2.05, 4.69) is 10.3 Å². The zero-order valence-corrected chi connectivity index (χ0v) is 22.9. The molecule has 0 radical (unpaired) electrons. The van der Waals surface area contributed by atoms with Gasteiger partial charge < -0.3 is 24.8 Å². The minimum Gasteiger partial charge on any atom is -0.489 e. The van der Waals surface area contributed by atoms with Crippen LogP contribution in [0.2, 0.25) is 5.02 Å². The van der Waals surface area contributed by atoms with E-state index in [1.807, 2.05) is 31.2 Å². The van der Waals surface area contributed by atoms with E-state index in [-0.39, 0.29) is 18.2 Å². The zero-order chi connectivity index (χ0) is 27.7. The molecule has 1 aromatic carbocycles. The Kier molecular flexibility index (Phi) is 7.71. The summed E-state index contributed by atoms with van der Waals surface area (Å²) in [6, 6.07) is 7.11. The summed E-state index contributed by atoms with van der Waals surface area (Å²) >= 11 is 6.42. The van der Waals surface area contributed by atoms with E-state index in [1.54, 1.807) is 24.1 Å². The van der Waals surface area contributed by atoms with Crippen LogP contribution >= 0.6 is 11.6 Å². The van der Waals surface area contributed by atoms with Crippen LogP contribution in [0.5, 0.6) is 11.6 Å². The SMILES string of the molecule is CCOc1cc(OC2CC3C(=O)NC4(C(=O)O)CC4C=CCCCCN(C)C(=O)C3C2)c2cccc(Cl)c2n1. The highest BCUT2D eigenvalue weighted by Crippen LogP contribution is 2.46. The third-order valence-corrected chi connectivity index (χ3v) is 8.39. The Hall–Kier alpha value is -3.33. The minimum absolute atomic E-state index is 0.122. The lowest BCUT2D eigenvalue weighted by atomic mass is 9.93. The third kappa shape index (κ3) is 5.41. The van der Waals surface area contributed by atoms with Gasteiger partial charge in [0.05, 0.1) is 29.0 Å². The maximum atomic E-state index is 13.6. The largest absolute Gasteiger partial charge is 0.489 e. The van der Waals surface area contributed by atoms with Gasteiger partial charge in [-0.1, -0.05) is 29.8 Å². The van der Waals surface area contributed by atoms with E-state index < -0.39 is 35.4 Å². The molecule has 2 aliphatic carbocycles. The van der Waals surface area contributed by atoms with Gasteiger partial charge in [-0.25, -0.2) is 9.78 Å². The number of rotatable bonds is 5. The number of carbonyl (C=O) groups is 3. The van der Waals surface area contributed by atoms with Crippen molar-refractivity contribution in [2.24, 2.45) is 17.8 Å². The number of hydrogen-bond donors (Lipinski definition) is 2. The first-order valence-electron chi connectivity index (χ1n) is 13.6. The number of aliphatic carboxylic acids is 1. The normalized spacial score (nSPS) is 29.3. The van der Waals surface area contributed by atoms with Crippen molar-refractivity contribution in [3.05, 3.63) is 41.4 Å². The van der Waals surface area contributed by atoms with Gasteiger partial charge in [-0.15, -0.1) is 0 Å². The number of carbonyl (C=O) groups excluding carboxylic acids is 2. The van der Waals surface area contributed by atoms with E-state index >= 15 is 0 Å². The lowest BCUT2D eigenvalue weighted by Gasteiger charge is -2.26. The number of pyridine rings is 1. The highest BCUT2D eigenvalue weighted by molar-refractivity contribution is 6.35. The summed E-state index contributed by atoms with van der Waals surface area (Å²) in [7, 11) is 1.76. The second kappa shape index (κ2) is 11.0. The van der Waals surface area contributed by atoms with Crippen LogP contribution in [-0.4, -0.2) is 64.6 Å². The molecule has 10 heteroatoms. The molecule has 1 aliphatic heterocycles. The third-order valence-electron chi connectivity index (χ3n) is 8.09. The van der Waals surface area contributed by atoms with Crippen molar-refractivity contribution < 1.29 is 29.0 Å². The molecule has 2 heterocycles. The van der Waals surface area contributed by atoms with Crippen molar-refractivity contribution in [2.45, 2.75) is 57.1 Å². The summed E-state index contributed by atoms with van der Waals surface area (Å²) in [6.45, 7) is 2.87. The summed E-state index contributed by atoms with van der Waals surface area (Å²) in [4.78, 5) is 45.5. The average Bonchev–Trinajstić information content (AvgIpc) is 3.44. The first-order chi connectivity index (χ1) is 18.7. The van der Waals surface area contributed by atoms with Crippen molar-refractivity contribution in [3.63, 3.8) is 0 Å². The molecule has 0 bridgehead atoms. The minimum atomic E-state index is -1.32. The Morgan fingerprint density at radius 2 is 2.05 bits per heavy atom. The fraction of sp³-hybridized carbons (Fsp3) is 0.517. The van der Waals surface area contributed by atoms with Crippen LogP contribution in [0, 0.1) is 17.8 Å². The number of carboxylic acids is 1. The molecule has 1 aromatic heterocycles. The molecule has 9 nitrogen and oxygen atoms in total. The standard InChI is InChI=1S/C29H34ClN3O6/c1-3-38-24-15-23(19-10-8-11-22(30)25(19)31-24)39-18-13-20-21(14-18)27(35)33(2)12-7-5-4-6-9-17-16-29(17,28(36)37)32-26(20)34/h6,8-11,15,17-18,20-21H,3-5,7,12-14,16H2,1-2H3,(H,32,34)(H,36,37). The van der Waals surface area contributed by atoms with Gasteiger partial charge in [0.25, 0.3) is 0 Å². The van der Waals surface area contributed by atoms with Crippen LogP contribution in [0.25, 0.3) is 10.9 Å². The van der Waals surface area contributed by atoms with Crippen molar-refractivity contribution in [3.8, 4) is 11.6 Å². The highest BCUT2D eigenvalue weighted by Gasteiger charge is 2.61. The predicted molar refractivity (Wildman–Crippen MR) is 146 cm³/mol. The Morgan fingerprint density at radius 1 is 1.26 bits per heavy atom. The van der Waals surface area contributed by atoms with Gasteiger partial charge in [0.1, 0.15) is 17.4 Å². The molecule has 2 N–H and O–H groups in total. The van der Waals surface area contributed by atoms with Crippen LogP contribution in [0.1, 0.15) is 45.4 Å². The van der Waals surface area contributed by atoms with Gasteiger partial charge in [-0.05, 0) is 57.6 Å². The molecule has 39 heavy (non-hydrogen) atoms. The van der Waals surface area contributed by atoms with E-state index in [0.29, 0.717) is 53.5 Å². The van der Waals surface area contributed by atoms with Crippen LogP contribution in [0.15, 0.2) is 36.4 Å². The Morgan fingerprint density at radius 3 is 2.82 bits per heavy atom. The Bertz CT molecular complexity index is 1320. The first kappa shape index (κ1) is 27.2. The van der Waals surface area contributed by atoms with Gasteiger partial charge in [-0.2, -0.15) is 0 Å². The van der Waals surface area contributed by atoms with Crippen LogP contribution < -0.4 is 14.8 Å². The number of nitrogens with one attached hydrogen (secondary N) is 1. The van der Waals surface area contributed by atoms with E-state index in [1.165, 1.54) is 0 Å². The molecule has 0 saturated heterocycles. The summed E-state index contributed by atoms with van der Waals surface area (Å²) < 4.78 is 12.1. The molecule has 5 atom stereocenters. The first-order valence-corrected chi connectivity index (χ1v) is 14.0. The van der Waals surface area contributed by atoms with E-state index in [9.17, 15) is 19.5 Å². The molecule has 2 fully saturated rings. The van der Waals surface area contributed by atoms with Crippen LogP contribution in [-0.2, 0) is 14.4 Å². The van der Waals surface area contributed by atoms with Crippen molar-refractivity contribution in [2.75, 3.05) is 20.2 Å². The molecule has 3 aliphatic rings. The molecule has 2 aromatic rings. The molecule has 2 saturated carbocycles. The van der Waals surface area contributed by atoms with Crippen LogP contribution in [0.4, 0.5) is 0 Å². The Balaban J connectivity index is 1.44. The quantitative estimate of drug-likeness (QED) is 0.530. The highest BCUT2D eigenvalue weighted by atomic mass is 35.5.